The number of hydrogen-bond acceptors (Lipinski definition) is 2. The van der Waals surface area contributed by atoms with E-state index in [4.69, 9.17) is 9.47 Å². The first-order valence-electron chi connectivity index (χ1n) is 3.68. The Labute approximate surface area is 55.1 Å². The quantitative estimate of drug-likeness (QED) is 0.527. The second-order valence-corrected chi connectivity index (χ2v) is 2.84. The van der Waals surface area contributed by atoms with Gasteiger partial charge in [0.1, 0.15) is 0 Å². The summed E-state index contributed by atoms with van der Waals surface area (Å²) in [5, 5.41) is 0. The maximum Gasteiger partial charge on any atom is 0.0810 e. The summed E-state index contributed by atoms with van der Waals surface area (Å²) < 4.78 is 10.1. The lowest BCUT2D eigenvalue weighted by molar-refractivity contribution is 0.365. The van der Waals surface area contributed by atoms with Gasteiger partial charge in [0.05, 0.1) is 25.4 Å². The van der Waals surface area contributed by atoms with Crippen LogP contribution in [0.15, 0.2) is 0 Å². The highest BCUT2D eigenvalue weighted by Crippen LogP contribution is 2.21. The molecule has 0 aromatic carbocycles. The zero-order valence-electron chi connectivity index (χ0n) is 5.51. The Hall–Kier alpha value is -0.0800. The van der Waals surface area contributed by atoms with Gasteiger partial charge in [-0.2, -0.15) is 0 Å². The molecule has 2 heterocycles. The average Bonchev–Trinajstić information content (AvgIpc) is 2.57. The molecule has 2 rings (SSSR count). The third kappa shape index (κ3) is 1.95. The first-order chi connectivity index (χ1) is 4.45. The summed E-state index contributed by atoms with van der Waals surface area (Å²) >= 11 is 0. The minimum absolute atomic E-state index is 0.615. The van der Waals surface area contributed by atoms with Crippen molar-refractivity contribution < 1.29 is 9.47 Å². The Morgan fingerprint density at radius 2 is 1.44 bits per heavy atom. The summed E-state index contributed by atoms with van der Waals surface area (Å²) in [6, 6.07) is 0. The van der Waals surface area contributed by atoms with Crippen molar-refractivity contribution in [3.63, 3.8) is 0 Å². The number of rotatable bonds is 4. The molecule has 2 aliphatic heterocycles. The second kappa shape index (κ2) is 2.27. The largest absolute Gasteiger partial charge is 0.373 e. The molecule has 0 unspecified atom stereocenters. The van der Waals surface area contributed by atoms with Crippen LogP contribution in [0.3, 0.4) is 0 Å². The van der Waals surface area contributed by atoms with E-state index in [1.54, 1.807) is 0 Å². The van der Waals surface area contributed by atoms with E-state index in [1.165, 1.54) is 19.3 Å². The number of hydrogen-bond donors (Lipinski definition) is 0. The van der Waals surface area contributed by atoms with Crippen molar-refractivity contribution in [2.24, 2.45) is 0 Å². The normalized spacial score (nSPS) is 38.7. The standard InChI is InChI=1S/C7H12O2/c1(2-6-4-8-6)3-7-5-9-7/h6-7H,1-5H2/t6-,7-/m0/s1. The first kappa shape index (κ1) is 5.69. The van der Waals surface area contributed by atoms with Gasteiger partial charge in [-0.05, 0) is 19.3 Å². The van der Waals surface area contributed by atoms with Crippen LogP contribution in [0, 0.1) is 0 Å². The molecule has 9 heavy (non-hydrogen) atoms. The molecule has 0 radical (unpaired) electrons. The van der Waals surface area contributed by atoms with Crippen molar-refractivity contribution in [1.82, 2.24) is 0 Å². The molecule has 2 fully saturated rings. The summed E-state index contributed by atoms with van der Waals surface area (Å²) in [6.45, 7) is 2.01. The van der Waals surface area contributed by atoms with E-state index in [2.05, 4.69) is 0 Å². The van der Waals surface area contributed by atoms with Crippen LogP contribution in [0.4, 0.5) is 0 Å². The third-order valence-corrected chi connectivity index (χ3v) is 1.86. The van der Waals surface area contributed by atoms with E-state index in [1.807, 2.05) is 0 Å². The maximum atomic E-state index is 5.07. The molecule has 0 bridgehead atoms. The highest BCUT2D eigenvalue weighted by Gasteiger charge is 2.25. The van der Waals surface area contributed by atoms with Gasteiger partial charge in [-0.1, -0.05) is 0 Å². The molecule has 2 aliphatic rings. The van der Waals surface area contributed by atoms with Crippen LogP contribution in [0.25, 0.3) is 0 Å². The van der Waals surface area contributed by atoms with Gasteiger partial charge in [0.15, 0.2) is 0 Å². The fraction of sp³-hybridized carbons (Fsp3) is 1.00. The van der Waals surface area contributed by atoms with Gasteiger partial charge in [-0.25, -0.2) is 0 Å². The summed E-state index contributed by atoms with van der Waals surface area (Å²) in [4.78, 5) is 0. The number of epoxide rings is 2. The molecule has 2 heteroatoms. The van der Waals surface area contributed by atoms with Crippen molar-refractivity contribution in [3.8, 4) is 0 Å². The molecule has 0 N–H and O–H groups in total. The van der Waals surface area contributed by atoms with Crippen LogP contribution >= 0.6 is 0 Å². The molecule has 2 atom stereocenters. The van der Waals surface area contributed by atoms with Crippen LogP contribution in [-0.2, 0) is 9.47 Å². The topological polar surface area (TPSA) is 25.1 Å². The highest BCUT2D eigenvalue weighted by molar-refractivity contribution is 4.73. The van der Waals surface area contributed by atoms with Gasteiger partial charge in [-0.3, -0.25) is 0 Å². The van der Waals surface area contributed by atoms with Crippen LogP contribution in [0.5, 0.6) is 0 Å². The fourth-order valence-corrected chi connectivity index (χ4v) is 1.04. The third-order valence-electron chi connectivity index (χ3n) is 1.86. The molecular weight excluding hydrogens is 116 g/mol. The Morgan fingerprint density at radius 1 is 1.00 bits per heavy atom. The molecule has 2 nitrogen and oxygen atoms in total. The van der Waals surface area contributed by atoms with Crippen LogP contribution in [-0.4, -0.2) is 25.4 Å². The maximum absolute atomic E-state index is 5.07. The minimum atomic E-state index is 0.615. The minimum Gasteiger partial charge on any atom is -0.373 e. The fourth-order valence-electron chi connectivity index (χ4n) is 1.04. The smallest absolute Gasteiger partial charge is 0.0810 e. The molecular formula is C7H12O2. The Balaban J connectivity index is 1.46. The Morgan fingerprint density at radius 3 is 1.78 bits per heavy atom. The van der Waals surface area contributed by atoms with Crippen molar-refractivity contribution in [2.75, 3.05) is 13.2 Å². The summed E-state index contributed by atoms with van der Waals surface area (Å²) in [5.41, 5.74) is 0. The van der Waals surface area contributed by atoms with Crippen molar-refractivity contribution in [2.45, 2.75) is 31.5 Å². The van der Waals surface area contributed by atoms with Gasteiger partial charge in [-0.15, -0.1) is 0 Å². The van der Waals surface area contributed by atoms with E-state index in [-0.39, 0.29) is 0 Å². The Bertz CT molecular complexity index is 83.1. The predicted molar refractivity (Wildman–Crippen MR) is 33.3 cm³/mol. The van der Waals surface area contributed by atoms with Crippen LogP contribution < -0.4 is 0 Å². The monoisotopic (exact) mass is 128 g/mol. The SMILES string of the molecule is C(C[C@H]1CO1)C[C@H]1CO1. The van der Waals surface area contributed by atoms with Crippen LogP contribution in [0.1, 0.15) is 19.3 Å². The lowest BCUT2D eigenvalue weighted by Crippen LogP contribution is -1.89. The molecule has 52 valence electrons. The van der Waals surface area contributed by atoms with Crippen molar-refractivity contribution in [1.29, 1.82) is 0 Å². The molecule has 0 aromatic rings. The van der Waals surface area contributed by atoms with E-state index >= 15 is 0 Å². The van der Waals surface area contributed by atoms with E-state index in [0.29, 0.717) is 12.2 Å². The van der Waals surface area contributed by atoms with Gasteiger partial charge >= 0.3 is 0 Å². The van der Waals surface area contributed by atoms with E-state index in [9.17, 15) is 0 Å². The zero-order valence-corrected chi connectivity index (χ0v) is 5.51. The first-order valence-corrected chi connectivity index (χ1v) is 3.68. The van der Waals surface area contributed by atoms with Gasteiger partial charge < -0.3 is 9.47 Å². The van der Waals surface area contributed by atoms with Gasteiger partial charge in [0.2, 0.25) is 0 Å². The predicted octanol–water partition coefficient (Wildman–Crippen LogP) is 0.954. The number of ether oxygens (including phenoxy) is 2. The summed E-state index contributed by atoms with van der Waals surface area (Å²) in [7, 11) is 0. The molecule has 0 aliphatic carbocycles. The molecule has 2 saturated heterocycles. The molecule has 0 saturated carbocycles. The second-order valence-electron chi connectivity index (χ2n) is 2.84. The van der Waals surface area contributed by atoms with Crippen molar-refractivity contribution in [3.05, 3.63) is 0 Å². The Kier molecular flexibility index (Phi) is 1.44. The highest BCUT2D eigenvalue weighted by atomic mass is 16.6. The average molecular weight is 128 g/mol. The molecule has 0 spiro atoms. The van der Waals surface area contributed by atoms with Gasteiger partial charge in [0.25, 0.3) is 0 Å². The lowest BCUT2D eigenvalue weighted by Gasteiger charge is -1.90. The van der Waals surface area contributed by atoms with E-state index < -0.39 is 0 Å². The zero-order chi connectivity index (χ0) is 6.10. The summed E-state index contributed by atoms with van der Waals surface area (Å²) in [6.07, 6.45) is 5.02. The molecule has 0 aromatic heterocycles. The lowest BCUT2D eigenvalue weighted by atomic mass is 10.2. The van der Waals surface area contributed by atoms with Crippen molar-refractivity contribution >= 4 is 0 Å². The van der Waals surface area contributed by atoms with E-state index in [0.717, 1.165) is 13.2 Å². The van der Waals surface area contributed by atoms with Crippen LogP contribution in [0.2, 0.25) is 0 Å². The van der Waals surface area contributed by atoms with Gasteiger partial charge in [0, 0.05) is 0 Å². The molecule has 0 amide bonds. The summed E-state index contributed by atoms with van der Waals surface area (Å²) in [5.74, 6) is 0.